The van der Waals surface area contributed by atoms with E-state index in [0.717, 1.165) is 16.9 Å². The van der Waals surface area contributed by atoms with Crippen LogP contribution in [0.25, 0.3) is 0 Å². The lowest BCUT2D eigenvalue weighted by Gasteiger charge is -2.39. The van der Waals surface area contributed by atoms with Crippen molar-refractivity contribution in [3.05, 3.63) is 102 Å². The zero-order chi connectivity index (χ0) is 15.7. The number of aliphatic hydroxyl groups is 1. The highest BCUT2D eigenvalue weighted by Crippen LogP contribution is 2.46. The van der Waals surface area contributed by atoms with Crippen LogP contribution in [0.3, 0.4) is 0 Å². The van der Waals surface area contributed by atoms with E-state index in [4.69, 9.17) is 4.74 Å². The molecule has 0 aromatic heterocycles. The summed E-state index contributed by atoms with van der Waals surface area (Å²) < 4.78 is 6.01. The molecule has 0 radical (unpaired) electrons. The molecule has 1 N–H and O–H groups in total. The van der Waals surface area contributed by atoms with Crippen LogP contribution in [0.2, 0.25) is 0 Å². The highest BCUT2D eigenvalue weighted by Gasteiger charge is 2.41. The minimum absolute atomic E-state index is 0.103. The molecule has 0 amide bonds. The third kappa shape index (κ3) is 2.51. The van der Waals surface area contributed by atoms with Crippen LogP contribution in [0.15, 0.2) is 84.9 Å². The van der Waals surface area contributed by atoms with E-state index in [2.05, 4.69) is 18.2 Å². The molecule has 0 saturated carbocycles. The Morgan fingerprint density at radius 2 is 1.39 bits per heavy atom. The van der Waals surface area contributed by atoms with E-state index in [1.807, 2.05) is 66.7 Å². The Balaban J connectivity index is 1.83. The van der Waals surface area contributed by atoms with Crippen LogP contribution in [-0.4, -0.2) is 5.11 Å². The second-order valence-corrected chi connectivity index (χ2v) is 5.96. The molecule has 1 heterocycles. The van der Waals surface area contributed by atoms with Crippen molar-refractivity contribution in [3.8, 4) is 5.75 Å². The first-order chi connectivity index (χ1) is 11.3. The first-order valence-electron chi connectivity index (χ1n) is 7.87. The quantitative estimate of drug-likeness (QED) is 0.758. The summed E-state index contributed by atoms with van der Waals surface area (Å²) in [4.78, 5) is 0. The van der Waals surface area contributed by atoms with Crippen LogP contribution in [0.4, 0.5) is 0 Å². The average molecular weight is 302 g/mol. The van der Waals surface area contributed by atoms with Gasteiger partial charge in [0.15, 0.2) is 0 Å². The zero-order valence-corrected chi connectivity index (χ0v) is 12.7. The van der Waals surface area contributed by atoms with Gasteiger partial charge < -0.3 is 9.84 Å². The van der Waals surface area contributed by atoms with Crippen LogP contribution >= 0.6 is 0 Å². The van der Waals surface area contributed by atoms with Crippen LogP contribution in [0.1, 0.15) is 29.0 Å². The normalized spacial score (nSPS) is 22.9. The van der Waals surface area contributed by atoms with Gasteiger partial charge in [-0.05, 0) is 11.6 Å². The summed E-state index contributed by atoms with van der Waals surface area (Å²) >= 11 is 0. The second-order valence-electron chi connectivity index (χ2n) is 5.96. The molecule has 3 aromatic rings. The molecule has 114 valence electrons. The summed E-state index contributed by atoms with van der Waals surface area (Å²) in [6, 6.07) is 27.9. The Kier molecular flexibility index (Phi) is 3.40. The van der Waals surface area contributed by atoms with Gasteiger partial charge in [-0.3, -0.25) is 0 Å². The minimum atomic E-state index is -1.31. The lowest BCUT2D eigenvalue weighted by Crippen LogP contribution is -2.38. The summed E-state index contributed by atoms with van der Waals surface area (Å²) in [5, 5.41) is 11.2. The molecule has 23 heavy (non-hydrogen) atoms. The van der Waals surface area contributed by atoms with Gasteiger partial charge in [0.2, 0.25) is 5.79 Å². The smallest absolute Gasteiger partial charge is 0.235 e. The van der Waals surface area contributed by atoms with Crippen molar-refractivity contribution in [1.82, 2.24) is 0 Å². The van der Waals surface area contributed by atoms with Crippen LogP contribution in [-0.2, 0) is 5.79 Å². The van der Waals surface area contributed by atoms with Gasteiger partial charge in [0.1, 0.15) is 5.75 Å². The Hall–Kier alpha value is -2.58. The molecule has 0 fully saturated rings. The zero-order valence-electron chi connectivity index (χ0n) is 12.7. The van der Waals surface area contributed by atoms with Gasteiger partial charge in [-0.25, -0.2) is 0 Å². The fraction of sp³-hybridized carbons (Fsp3) is 0.143. The van der Waals surface area contributed by atoms with Gasteiger partial charge in [0, 0.05) is 23.5 Å². The Morgan fingerprint density at radius 1 is 0.783 bits per heavy atom. The highest BCUT2D eigenvalue weighted by atomic mass is 16.6. The maximum Gasteiger partial charge on any atom is 0.235 e. The molecule has 0 spiro atoms. The average Bonchev–Trinajstić information content (AvgIpc) is 2.62. The van der Waals surface area contributed by atoms with E-state index in [1.165, 1.54) is 5.56 Å². The number of para-hydroxylation sites is 1. The molecule has 4 rings (SSSR count). The molecular weight excluding hydrogens is 284 g/mol. The maximum atomic E-state index is 11.2. The summed E-state index contributed by atoms with van der Waals surface area (Å²) in [5.41, 5.74) is 3.10. The lowest BCUT2D eigenvalue weighted by atomic mass is 9.81. The van der Waals surface area contributed by atoms with E-state index < -0.39 is 5.79 Å². The maximum absolute atomic E-state index is 11.2. The van der Waals surface area contributed by atoms with Crippen LogP contribution in [0.5, 0.6) is 5.75 Å². The van der Waals surface area contributed by atoms with Gasteiger partial charge in [-0.1, -0.05) is 78.9 Å². The van der Waals surface area contributed by atoms with Gasteiger partial charge in [-0.15, -0.1) is 0 Å². The van der Waals surface area contributed by atoms with Crippen molar-refractivity contribution in [2.45, 2.75) is 18.1 Å². The molecule has 2 nitrogen and oxygen atoms in total. The van der Waals surface area contributed by atoms with Crippen molar-refractivity contribution >= 4 is 0 Å². The van der Waals surface area contributed by atoms with Crippen molar-refractivity contribution in [1.29, 1.82) is 0 Å². The number of ether oxygens (including phenoxy) is 1. The number of rotatable bonds is 2. The van der Waals surface area contributed by atoms with E-state index in [9.17, 15) is 5.11 Å². The fourth-order valence-electron chi connectivity index (χ4n) is 3.33. The van der Waals surface area contributed by atoms with E-state index in [0.29, 0.717) is 6.42 Å². The molecule has 0 bridgehead atoms. The Morgan fingerprint density at radius 3 is 2.13 bits per heavy atom. The minimum Gasteiger partial charge on any atom is -0.458 e. The molecule has 0 aliphatic carbocycles. The monoisotopic (exact) mass is 302 g/mol. The van der Waals surface area contributed by atoms with Crippen molar-refractivity contribution in [2.75, 3.05) is 0 Å². The van der Waals surface area contributed by atoms with E-state index in [1.54, 1.807) is 0 Å². The SMILES string of the molecule is O[C@]1(c2ccccc2)C[C@H](c2ccccc2)c2ccccc2O1. The van der Waals surface area contributed by atoms with Crippen molar-refractivity contribution in [2.24, 2.45) is 0 Å². The Bertz CT molecular complexity index is 798. The third-order valence-electron chi connectivity index (χ3n) is 4.48. The molecule has 1 aliphatic heterocycles. The standard InChI is InChI=1S/C21H18O2/c22-21(17-11-5-2-6-12-17)15-19(16-9-3-1-4-10-16)18-13-7-8-14-20(18)23-21/h1-14,19,22H,15H2/t19-,21-/m1/s1. The van der Waals surface area contributed by atoms with Gasteiger partial charge in [0.05, 0.1) is 0 Å². The topological polar surface area (TPSA) is 29.5 Å². The predicted molar refractivity (Wildman–Crippen MR) is 90.3 cm³/mol. The summed E-state index contributed by atoms with van der Waals surface area (Å²) in [7, 11) is 0. The molecule has 1 aliphatic rings. The number of benzene rings is 3. The molecular formula is C21H18O2. The highest BCUT2D eigenvalue weighted by molar-refractivity contribution is 5.45. The summed E-state index contributed by atoms with van der Waals surface area (Å²) in [6.45, 7) is 0. The molecule has 3 aromatic carbocycles. The predicted octanol–water partition coefficient (Wildman–Crippen LogP) is 4.45. The first kappa shape index (κ1) is 14.0. The number of hydrogen-bond donors (Lipinski definition) is 1. The van der Waals surface area contributed by atoms with E-state index >= 15 is 0 Å². The van der Waals surface area contributed by atoms with Crippen molar-refractivity contribution in [3.63, 3.8) is 0 Å². The molecule has 0 unspecified atom stereocenters. The largest absolute Gasteiger partial charge is 0.458 e. The number of fused-ring (bicyclic) bond motifs is 1. The summed E-state index contributed by atoms with van der Waals surface area (Å²) in [6.07, 6.45) is 0.498. The van der Waals surface area contributed by atoms with E-state index in [-0.39, 0.29) is 5.92 Å². The molecule has 2 heteroatoms. The van der Waals surface area contributed by atoms with Gasteiger partial charge in [0.25, 0.3) is 0 Å². The molecule has 0 saturated heterocycles. The van der Waals surface area contributed by atoms with Crippen LogP contribution in [0, 0.1) is 0 Å². The fourth-order valence-corrected chi connectivity index (χ4v) is 3.33. The molecule has 2 atom stereocenters. The summed E-state index contributed by atoms with van der Waals surface area (Å²) in [5.74, 6) is -0.457. The second kappa shape index (κ2) is 5.56. The third-order valence-corrected chi connectivity index (χ3v) is 4.48. The van der Waals surface area contributed by atoms with Gasteiger partial charge >= 0.3 is 0 Å². The Labute approximate surface area is 136 Å². The first-order valence-corrected chi connectivity index (χ1v) is 7.87. The van der Waals surface area contributed by atoms with Gasteiger partial charge in [-0.2, -0.15) is 0 Å². The number of hydrogen-bond acceptors (Lipinski definition) is 2. The van der Waals surface area contributed by atoms with Crippen LogP contribution < -0.4 is 4.74 Å². The lowest BCUT2D eigenvalue weighted by molar-refractivity contribution is -0.161. The van der Waals surface area contributed by atoms with Crippen molar-refractivity contribution < 1.29 is 9.84 Å².